The SMILES string of the molecule is CC=C[C@H]1CC[C@H](C23CCCCC2C3)[C@@H]1CC(=O)CCCC(=O)C(=O)O. The summed E-state index contributed by atoms with van der Waals surface area (Å²) in [5.74, 6) is 0.556. The summed E-state index contributed by atoms with van der Waals surface area (Å²) >= 11 is 0. The van der Waals surface area contributed by atoms with Gasteiger partial charge in [0.05, 0.1) is 0 Å². The number of hydrogen-bond donors (Lipinski definition) is 1. The molecular formula is C22H32O4. The lowest BCUT2D eigenvalue weighted by molar-refractivity contribution is -0.149. The van der Waals surface area contributed by atoms with E-state index in [-0.39, 0.29) is 12.2 Å². The van der Waals surface area contributed by atoms with Gasteiger partial charge in [0, 0.05) is 19.3 Å². The van der Waals surface area contributed by atoms with Crippen molar-refractivity contribution < 1.29 is 19.5 Å². The van der Waals surface area contributed by atoms with Gasteiger partial charge in [0.15, 0.2) is 0 Å². The monoisotopic (exact) mass is 360 g/mol. The molecule has 0 amide bonds. The molecule has 0 aromatic rings. The summed E-state index contributed by atoms with van der Waals surface area (Å²) < 4.78 is 0. The molecule has 0 heterocycles. The van der Waals surface area contributed by atoms with Gasteiger partial charge in [-0.2, -0.15) is 0 Å². The van der Waals surface area contributed by atoms with Crippen LogP contribution in [0.4, 0.5) is 0 Å². The zero-order chi connectivity index (χ0) is 18.7. The number of fused-ring (bicyclic) bond motifs is 1. The summed E-state index contributed by atoms with van der Waals surface area (Å²) in [6, 6.07) is 0. The third-order valence-electron chi connectivity index (χ3n) is 7.34. The van der Waals surface area contributed by atoms with E-state index in [1.54, 1.807) is 0 Å². The highest BCUT2D eigenvalue weighted by Crippen LogP contribution is 2.70. The van der Waals surface area contributed by atoms with E-state index in [1.807, 2.05) is 0 Å². The van der Waals surface area contributed by atoms with Crippen molar-refractivity contribution in [1.29, 1.82) is 0 Å². The molecular weight excluding hydrogens is 328 g/mol. The number of allylic oxidation sites excluding steroid dienone is 2. The Morgan fingerprint density at radius 2 is 1.92 bits per heavy atom. The van der Waals surface area contributed by atoms with Crippen LogP contribution in [0.5, 0.6) is 0 Å². The molecule has 0 spiro atoms. The zero-order valence-corrected chi connectivity index (χ0v) is 15.9. The second kappa shape index (κ2) is 8.06. The van der Waals surface area contributed by atoms with E-state index in [1.165, 1.54) is 44.9 Å². The highest BCUT2D eigenvalue weighted by atomic mass is 16.4. The van der Waals surface area contributed by atoms with Crippen LogP contribution in [0, 0.1) is 29.1 Å². The number of carboxylic acids is 1. The summed E-state index contributed by atoms with van der Waals surface area (Å²) in [5.41, 5.74) is 0.527. The molecule has 0 aliphatic heterocycles. The lowest BCUT2D eigenvalue weighted by Crippen LogP contribution is -2.28. The molecule has 2 unspecified atom stereocenters. The third-order valence-corrected chi connectivity index (χ3v) is 7.34. The highest BCUT2D eigenvalue weighted by molar-refractivity contribution is 6.32. The summed E-state index contributed by atoms with van der Waals surface area (Å²) in [6.45, 7) is 2.06. The quantitative estimate of drug-likeness (QED) is 0.483. The Hall–Kier alpha value is -1.45. The number of ketones is 2. The Kier molecular flexibility index (Phi) is 5.99. The van der Waals surface area contributed by atoms with Crippen LogP contribution in [-0.2, 0) is 14.4 Å². The van der Waals surface area contributed by atoms with Crippen LogP contribution in [0.15, 0.2) is 12.2 Å². The number of carbonyl (C=O) groups excluding carboxylic acids is 2. The van der Waals surface area contributed by atoms with Gasteiger partial charge in [0.1, 0.15) is 5.78 Å². The van der Waals surface area contributed by atoms with Crippen molar-refractivity contribution >= 4 is 17.5 Å². The first-order valence-electron chi connectivity index (χ1n) is 10.4. The van der Waals surface area contributed by atoms with Crippen molar-refractivity contribution in [3.8, 4) is 0 Å². The first-order valence-corrected chi connectivity index (χ1v) is 10.4. The van der Waals surface area contributed by atoms with E-state index >= 15 is 0 Å². The zero-order valence-electron chi connectivity index (χ0n) is 15.9. The average Bonchev–Trinajstić information content (AvgIpc) is 3.24. The Bertz CT molecular complexity index is 593. The van der Waals surface area contributed by atoms with Crippen LogP contribution >= 0.6 is 0 Å². The molecule has 3 fully saturated rings. The second-order valence-electron chi connectivity index (χ2n) is 8.74. The molecule has 144 valence electrons. The van der Waals surface area contributed by atoms with Crippen LogP contribution in [-0.4, -0.2) is 22.6 Å². The van der Waals surface area contributed by atoms with Gasteiger partial charge in [0.25, 0.3) is 0 Å². The third kappa shape index (κ3) is 3.94. The maximum Gasteiger partial charge on any atom is 0.372 e. The minimum atomic E-state index is -1.39. The minimum Gasteiger partial charge on any atom is -0.476 e. The summed E-state index contributed by atoms with van der Waals surface area (Å²) in [4.78, 5) is 34.3. The molecule has 0 aromatic carbocycles. The predicted molar refractivity (Wildman–Crippen MR) is 99.6 cm³/mol. The summed E-state index contributed by atoms with van der Waals surface area (Å²) in [6.07, 6.45) is 15.0. The van der Waals surface area contributed by atoms with Crippen molar-refractivity contribution in [1.82, 2.24) is 0 Å². The van der Waals surface area contributed by atoms with Crippen molar-refractivity contribution in [2.75, 3.05) is 0 Å². The van der Waals surface area contributed by atoms with Gasteiger partial charge in [-0.15, -0.1) is 0 Å². The highest BCUT2D eigenvalue weighted by Gasteiger charge is 2.62. The molecule has 3 rings (SSSR count). The minimum absolute atomic E-state index is 0.0283. The summed E-state index contributed by atoms with van der Waals surface area (Å²) in [5, 5.41) is 8.64. The van der Waals surface area contributed by atoms with Crippen LogP contribution < -0.4 is 0 Å². The molecule has 4 nitrogen and oxygen atoms in total. The van der Waals surface area contributed by atoms with Gasteiger partial charge in [0.2, 0.25) is 5.78 Å². The summed E-state index contributed by atoms with van der Waals surface area (Å²) in [7, 11) is 0. The second-order valence-corrected chi connectivity index (χ2v) is 8.74. The molecule has 0 bridgehead atoms. The van der Waals surface area contributed by atoms with E-state index in [0.717, 1.165) is 5.92 Å². The van der Waals surface area contributed by atoms with Crippen LogP contribution in [0.25, 0.3) is 0 Å². The standard InChI is InChI=1S/C22H32O4/c1-2-6-15-10-11-19(22-12-4-3-7-16(22)14-22)18(15)13-17(23)8-5-9-20(24)21(25)26/h2,6,15-16,18-19H,3-5,7-14H2,1H3,(H,25,26)/t15-,16?,18+,19-,22?/m0/s1. The Morgan fingerprint density at radius 1 is 1.12 bits per heavy atom. The van der Waals surface area contributed by atoms with Gasteiger partial charge in [-0.3, -0.25) is 9.59 Å². The van der Waals surface area contributed by atoms with Gasteiger partial charge in [-0.25, -0.2) is 4.79 Å². The Balaban J connectivity index is 1.59. The Morgan fingerprint density at radius 3 is 2.62 bits per heavy atom. The average molecular weight is 360 g/mol. The predicted octanol–water partition coefficient (Wildman–Crippen LogP) is 4.57. The van der Waals surface area contributed by atoms with Crippen molar-refractivity contribution in [2.45, 2.75) is 77.6 Å². The number of rotatable bonds is 9. The smallest absolute Gasteiger partial charge is 0.372 e. The van der Waals surface area contributed by atoms with Gasteiger partial charge in [-0.05, 0) is 74.5 Å². The molecule has 3 saturated carbocycles. The van der Waals surface area contributed by atoms with E-state index in [9.17, 15) is 14.4 Å². The molecule has 26 heavy (non-hydrogen) atoms. The normalized spacial score (nSPS) is 36.0. The molecule has 1 N–H and O–H groups in total. The molecule has 0 saturated heterocycles. The fourth-order valence-corrected chi connectivity index (χ4v) is 6.09. The van der Waals surface area contributed by atoms with Crippen LogP contribution in [0.3, 0.4) is 0 Å². The van der Waals surface area contributed by atoms with E-state index < -0.39 is 11.8 Å². The van der Waals surface area contributed by atoms with Gasteiger partial charge >= 0.3 is 5.97 Å². The maximum absolute atomic E-state index is 12.6. The number of Topliss-reactive ketones (excluding diaryl/α,β-unsaturated/α-hetero) is 2. The lowest BCUT2D eigenvalue weighted by Gasteiger charge is -2.34. The number of carbonyl (C=O) groups is 3. The van der Waals surface area contributed by atoms with Crippen molar-refractivity contribution in [2.24, 2.45) is 29.1 Å². The first kappa shape index (κ1) is 19.3. The maximum atomic E-state index is 12.6. The van der Waals surface area contributed by atoms with Gasteiger partial charge < -0.3 is 5.11 Å². The number of carboxylic acid groups (broad SMARTS) is 1. The lowest BCUT2D eigenvalue weighted by atomic mass is 9.71. The van der Waals surface area contributed by atoms with E-state index in [0.29, 0.717) is 42.4 Å². The Labute approximate surface area is 156 Å². The van der Waals surface area contributed by atoms with Gasteiger partial charge in [-0.1, -0.05) is 25.0 Å². The van der Waals surface area contributed by atoms with Crippen LogP contribution in [0.2, 0.25) is 0 Å². The molecule has 0 aromatic heterocycles. The fourth-order valence-electron chi connectivity index (χ4n) is 6.09. The molecule has 3 aliphatic rings. The molecule has 4 heteroatoms. The van der Waals surface area contributed by atoms with E-state index in [4.69, 9.17) is 5.11 Å². The largest absolute Gasteiger partial charge is 0.476 e. The topological polar surface area (TPSA) is 71.4 Å². The molecule has 5 atom stereocenters. The van der Waals surface area contributed by atoms with Crippen molar-refractivity contribution in [3.63, 3.8) is 0 Å². The van der Waals surface area contributed by atoms with Crippen molar-refractivity contribution in [3.05, 3.63) is 12.2 Å². The molecule has 3 aliphatic carbocycles. The molecule has 0 radical (unpaired) electrons. The fraction of sp³-hybridized carbons (Fsp3) is 0.773. The number of hydrogen-bond acceptors (Lipinski definition) is 3. The van der Waals surface area contributed by atoms with E-state index in [2.05, 4.69) is 19.1 Å². The van der Waals surface area contributed by atoms with Crippen LogP contribution in [0.1, 0.15) is 77.6 Å². The first-order chi connectivity index (χ1) is 12.5. The number of aliphatic carboxylic acids is 1.